The molecule has 146 valence electrons. The number of nitrogens with zero attached hydrogens (tertiary/aromatic N) is 5. The molecular formula is C20H23N5O3. The van der Waals surface area contributed by atoms with Gasteiger partial charge in [0.05, 0.1) is 12.6 Å². The van der Waals surface area contributed by atoms with E-state index < -0.39 is 0 Å². The standard InChI is InChI=1S/C20H23N5O3/c1-26-11-12-27-16-6-9-22-17(13-16)19-23-20(28-24-19)18-3-2-10-25(18)14-15-4-7-21-8-5-15/h4-9,13,18H,2-3,10-12,14H2,1H3/t18-/m1/s1. The second-order valence-electron chi connectivity index (χ2n) is 6.66. The molecule has 1 aliphatic rings. The number of hydrogen-bond donors (Lipinski definition) is 0. The third kappa shape index (κ3) is 4.35. The molecule has 0 spiro atoms. The Morgan fingerprint density at radius 1 is 1.18 bits per heavy atom. The second kappa shape index (κ2) is 8.90. The number of aromatic nitrogens is 4. The summed E-state index contributed by atoms with van der Waals surface area (Å²) in [6.07, 6.45) is 7.42. The van der Waals surface area contributed by atoms with Crippen LogP contribution in [0.15, 0.2) is 47.4 Å². The van der Waals surface area contributed by atoms with Crippen LogP contribution in [-0.2, 0) is 11.3 Å². The van der Waals surface area contributed by atoms with E-state index in [1.165, 1.54) is 5.56 Å². The van der Waals surface area contributed by atoms with Crippen LogP contribution in [0.3, 0.4) is 0 Å². The zero-order valence-electron chi connectivity index (χ0n) is 15.8. The van der Waals surface area contributed by atoms with E-state index in [1.807, 2.05) is 30.6 Å². The van der Waals surface area contributed by atoms with Gasteiger partial charge in [0.25, 0.3) is 0 Å². The van der Waals surface area contributed by atoms with E-state index >= 15 is 0 Å². The van der Waals surface area contributed by atoms with Crippen LogP contribution in [0.5, 0.6) is 5.75 Å². The van der Waals surface area contributed by atoms with Crippen molar-refractivity contribution in [2.75, 3.05) is 26.9 Å². The highest BCUT2D eigenvalue weighted by Gasteiger charge is 2.31. The van der Waals surface area contributed by atoms with Crippen molar-refractivity contribution in [3.8, 4) is 17.3 Å². The summed E-state index contributed by atoms with van der Waals surface area (Å²) in [6.45, 7) is 2.85. The fourth-order valence-corrected chi connectivity index (χ4v) is 3.36. The maximum Gasteiger partial charge on any atom is 0.244 e. The maximum atomic E-state index is 5.63. The lowest BCUT2D eigenvalue weighted by molar-refractivity contribution is 0.146. The summed E-state index contributed by atoms with van der Waals surface area (Å²) in [5.74, 6) is 1.81. The normalized spacial score (nSPS) is 17.1. The molecule has 3 aromatic rings. The molecule has 4 rings (SSSR count). The largest absolute Gasteiger partial charge is 0.491 e. The summed E-state index contributed by atoms with van der Waals surface area (Å²) in [5, 5.41) is 4.14. The summed E-state index contributed by atoms with van der Waals surface area (Å²) < 4.78 is 16.2. The Labute approximate surface area is 163 Å². The molecule has 1 atom stereocenters. The Morgan fingerprint density at radius 2 is 2.07 bits per heavy atom. The van der Waals surface area contributed by atoms with Gasteiger partial charge in [0, 0.05) is 38.3 Å². The summed E-state index contributed by atoms with van der Waals surface area (Å²) >= 11 is 0. The number of hydrogen-bond acceptors (Lipinski definition) is 8. The molecule has 0 radical (unpaired) electrons. The molecule has 0 bridgehead atoms. The highest BCUT2D eigenvalue weighted by atomic mass is 16.5. The minimum Gasteiger partial charge on any atom is -0.491 e. The summed E-state index contributed by atoms with van der Waals surface area (Å²) in [4.78, 5) is 15.4. The van der Waals surface area contributed by atoms with Gasteiger partial charge < -0.3 is 14.0 Å². The van der Waals surface area contributed by atoms with E-state index in [2.05, 4.69) is 25.0 Å². The number of rotatable bonds is 8. The first-order valence-corrected chi connectivity index (χ1v) is 9.38. The third-order valence-corrected chi connectivity index (χ3v) is 4.74. The monoisotopic (exact) mass is 381 g/mol. The number of methoxy groups -OCH3 is 1. The van der Waals surface area contributed by atoms with Gasteiger partial charge >= 0.3 is 0 Å². The van der Waals surface area contributed by atoms with Crippen LogP contribution in [0.2, 0.25) is 0 Å². The van der Waals surface area contributed by atoms with E-state index in [4.69, 9.17) is 14.0 Å². The van der Waals surface area contributed by atoms with E-state index in [0.29, 0.717) is 36.4 Å². The Morgan fingerprint density at radius 3 is 2.93 bits per heavy atom. The van der Waals surface area contributed by atoms with Crippen LogP contribution in [0.25, 0.3) is 11.5 Å². The molecule has 0 unspecified atom stereocenters. The van der Waals surface area contributed by atoms with Crippen LogP contribution in [0, 0.1) is 0 Å². The molecule has 1 saturated heterocycles. The first-order valence-electron chi connectivity index (χ1n) is 9.38. The van der Waals surface area contributed by atoms with Crippen molar-refractivity contribution in [2.24, 2.45) is 0 Å². The molecule has 1 aliphatic heterocycles. The number of ether oxygens (including phenoxy) is 2. The lowest BCUT2D eigenvalue weighted by atomic mass is 10.2. The van der Waals surface area contributed by atoms with Crippen LogP contribution in [-0.4, -0.2) is 51.9 Å². The van der Waals surface area contributed by atoms with Crippen molar-refractivity contribution < 1.29 is 14.0 Å². The van der Waals surface area contributed by atoms with Crippen molar-refractivity contribution in [1.29, 1.82) is 0 Å². The summed E-state index contributed by atoms with van der Waals surface area (Å²) in [7, 11) is 1.64. The van der Waals surface area contributed by atoms with Crippen molar-refractivity contribution in [2.45, 2.75) is 25.4 Å². The first kappa shape index (κ1) is 18.5. The fourth-order valence-electron chi connectivity index (χ4n) is 3.36. The SMILES string of the molecule is COCCOc1ccnc(-c2noc([C@H]3CCCN3Cc3ccncc3)n2)c1. The Hall–Kier alpha value is -2.84. The lowest BCUT2D eigenvalue weighted by Gasteiger charge is -2.21. The average Bonchev–Trinajstić information content (AvgIpc) is 3.39. The van der Waals surface area contributed by atoms with Gasteiger partial charge in [-0.3, -0.25) is 14.9 Å². The lowest BCUT2D eigenvalue weighted by Crippen LogP contribution is -2.23. The van der Waals surface area contributed by atoms with Gasteiger partial charge in [-0.25, -0.2) is 0 Å². The smallest absolute Gasteiger partial charge is 0.244 e. The first-order chi connectivity index (χ1) is 13.8. The quantitative estimate of drug-likeness (QED) is 0.551. The van der Waals surface area contributed by atoms with Crippen molar-refractivity contribution in [1.82, 2.24) is 25.0 Å². The molecule has 3 aromatic heterocycles. The van der Waals surface area contributed by atoms with Gasteiger partial charge in [-0.05, 0) is 43.1 Å². The van der Waals surface area contributed by atoms with Crippen molar-refractivity contribution in [3.05, 3.63) is 54.3 Å². The van der Waals surface area contributed by atoms with Crippen molar-refractivity contribution >= 4 is 0 Å². The van der Waals surface area contributed by atoms with Gasteiger partial charge in [0.1, 0.15) is 18.1 Å². The molecule has 8 heteroatoms. The van der Waals surface area contributed by atoms with E-state index in [-0.39, 0.29) is 6.04 Å². The molecule has 28 heavy (non-hydrogen) atoms. The Bertz CT molecular complexity index is 886. The van der Waals surface area contributed by atoms with Crippen LogP contribution >= 0.6 is 0 Å². The van der Waals surface area contributed by atoms with Gasteiger partial charge in [0.15, 0.2) is 0 Å². The summed E-state index contributed by atoms with van der Waals surface area (Å²) in [5.41, 5.74) is 1.85. The molecule has 0 aromatic carbocycles. The van der Waals surface area contributed by atoms with Gasteiger partial charge in [-0.1, -0.05) is 5.16 Å². The van der Waals surface area contributed by atoms with Crippen LogP contribution in [0.4, 0.5) is 0 Å². The van der Waals surface area contributed by atoms with E-state index in [9.17, 15) is 0 Å². The number of likely N-dealkylation sites (tertiary alicyclic amines) is 1. The molecule has 0 N–H and O–H groups in total. The van der Waals surface area contributed by atoms with Crippen LogP contribution in [0.1, 0.15) is 30.3 Å². The van der Waals surface area contributed by atoms with E-state index in [0.717, 1.165) is 25.9 Å². The van der Waals surface area contributed by atoms with Crippen molar-refractivity contribution in [3.63, 3.8) is 0 Å². The highest BCUT2D eigenvalue weighted by molar-refractivity contribution is 5.50. The topological polar surface area (TPSA) is 86.4 Å². The zero-order chi connectivity index (χ0) is 19.2. The molecule has 8 nitrogen and oxygen atoms in total. The van der Waals surface area contributed by atoms with Gasteiger partial charge in [0.2, 0.25) is 11.7 Å². The zero-order valence-corrected chi connectivity index (χ0v) is 15.8. The number of pyridine rings is 2. The van der Waals surface area contributed by atoms with Crippen LogP contribution < -0.4 is 4.74 Å². The minimum atomic E-state index is 0.121. The molecule has 0 saturated carbocycles. The third-order valence-electron chi connectivity index (χ3n) is 4.74. The fraction of sp³-hybridized carbons (Fsp3) is 0.400. The minimum absolute atomic E-state index is 0.121. The van der Waals surface area contributed by atoms with E-state index in [1.54, 1.807) is 19.4 Å². The molecule has 0 amide bonds. The molecule has 4 heterocycles. The summed E-state index contributed by atoms with van der Waals surface area (Å²) in [6, 6.07) is 7.80. The van der Waals surface area contributed by atoms with Gasteiger partial charge in [-0.2, -0.15) is 4.98 Å². The Kier molecular flexibility index (Phi) is 5.89. The molecule has 1 fully saturated rings. The second-order valence-corrected chi connectivity index (χ2v) is 6.66. The van der Waals surface area contributed by atoms with Gasteiger partial charge in [-0.15, -0.1) is 0 Å². The average molecular weight is 381 g/mol. The molecule has 0 aliphatic carbocycles. The highest BCUT2D eigenvalue weighted by Crippen LogP contribution is 2.33. The predicted octanol–water partition coefficient (Wildman–Crippen LogP) is 2.89. The Balaban J connectivity index is 1.47. The predicted molar refractivity (Wildman–Crippen MR) is 102 cm³/mol. The maximum absolute atomic E-state index is 5.63. The molecular weight excluding hydrogens is 358 g/mol.